The van der Waals surface area contributed by atoms with Gasteiger partial charge in [0.1, 0.15) is 17.7 Å². The molecule has 3 aromatic rings. The second kappa shape index (κ2) is 16.6. The van der Waals surface area contributed by atoms with E-state index in [1.54, 1.807) is 22.0 Å². The maximum absolute atomic E-state index is 15.0. The summed E-state index contributed by atoms with van der Waals surface area (Å²) in [5.74, 6) is -3.39. The molecule has 7 atom stereocenters. The van der Waals surface area contributed by atoms with Crippen molar-refractivity contribution >= 4 is 56.1 Å². The smallest absolute Gasteiger partial charge is 0.313 e. The monoisotopic (exact) mass is 771 g/mol. The number of fused-ring (bicyclic) bond motifs is 2. The molecule has 1 unspecified atom stereocenters. The third kappa shape index (κ3) is 7.31. The van der Waals surface area contributed by atoms with Crippen molar-refractivity contribution in [2.45, 2.75) is 67.2 Å². The van der Waals surface area contributed by atoms with Crippen LogP contribution in [0.5, 0.6) is 0 Å². The van der Waals surface area contributed by atoms with Crippen LogP contribution in [0.1, 0.15) is 50.2 Å². The van der Waals surface area contributed by atoms with E-state index >= 15 is 0 Å². The van der Waals surface area contributed by atoms with Gasteiger partial charge in [-0.2, -0.15) is 0 Å². The number of esters is 1. The standard InChI is InChI=1S/C41H46BrN3O7/c1-3-5-18-33(47)43-26-32(28-15-8-6-9-16-28)51-40(50)34-35-38(48)45(22-12-7-13-23-46)37(41(35)25-31(42)36(34)52-41)39(49)44(21-4-2)30-20-19-27-14-10-11-17-29(27)24-30/h3-4,6,8-11,14-17,19-20,24,31-32,34-37,46H,1-2,5,7,12-13,18,21-23,25-26H2,(H,43,47)/t31?,32-,34+,35-,36+,37+,41-/m1/s1. The Labute approximate surface area is 313 Å². The number of unbranched alkanes of at least 4 members (excludes halogenated alkanes) is 2. The third-order valence-electron chi connectivity index (χ3n) is 10.5. The molecule has 10 nitrogen and oxygen atoms in total. The highest BCUT2D eigenvalue weighted by molar-refractivity contribution is 9.09. The maximum atomic E-state index is 15.0. The van der Waals surface area contributed by atoms with Crippen molar-refractivity contribution in [1.29, 1.82) is 0 Å². The number of ether oxygens (including phenoxy) is 2. The number of nitrogens with one attached hydrogen (secondary N) is 1. The summed E-state index contributed by atoms with van der Waals surface area (Å²) >= 11 is 3.75. The maximum Gasteiger partial charge on any atom is 0.313 e. The van der Waals surface area contributed by atoms with E-state index in [4.69, 9.17) is 9.47 Å². The number of anilines is 1. The first kappa shape index (κ1) is 37.4. The van der Waals surface area contributed by atoms with Crippen LogP contribution in [0.25, 0.3) is 10.8 Å². The van der Waals surface area contributed by atoms with Crippen LogP contribution < -0.4 is 10.2 Å². The largest absolute Gasteiger partial charge is 0.455 e. The zero-order chi connectivity index (χ0) is 36.8. The highest BCUT2D eigenvalue weighted by Gasteiger charge is 2.77. The molecule has 3 amide bonds. The number of rotatable bonds is 17. The molecule has 3 aliphatic heterocycles. The van der Waals surface area contributed by atoms with E-state index < -0.39 is 41.7 Å². The van der Waals surface area contributed by atoms with Crippen molar-refractivity contribution in [3.63, 3.8) is 0 Å². The van der Waals surface area contributed by atoms with Gasteiger partial charge < -0.3 is 29.7 Å². The van der Waals surface area contributed by atoms with Gasteiger partial charge in [-0.1, -0.05) is 88.7 Å². The van der Waals surface area contributed by atoms with Gasteiger partial charge in [-0.25, -0.2) is 0 Å². The highest BCUT2D eigenvalue weighted by Crippen LogP contribution is 2.60. The number of allylic oxidation sites excluding steroid dienone is 1. The fraction of sp³-hybridized carbons (Fsp3) is 0.415. The number of alkyl halides is 1. The van der Waals surface area contributed by atoms with Crippen LogP contribution in [0.4, 0.5) is 5.69 Å². The topological polar surface area (TPSA) is 125 Å². The van der Waals surface area contributed by atoms with Crippen molar-refractivity contribution in [1.82, 2.24) is 10.2 Å². The number of likely N-dealkylation sites (tertiary alicyclic amines) is 1. The Balaban J connectivity index is 1.33. The average Bonchev–Trinajstić information content (AvgIpc) is 3.75. The minimum atomic E-state index is -1.29. The number of benzene rings is 3. The number of halogens is 1. The van der Waals surface area contributed by atoms with Gasteiger partial charge in [0.25, 0.3) is 5.91 Å². The van der Waals surface area contributed by atoms with Crippen molar-refractivity contribution in [3.05, 3.63) is 104 Å². The van der Waals surface area contributed by atoms with Crippen molar-refractivity contribution in [3.8, 4) is 0 Å². The lowest BCUT2D eigenvalue weighted by molar-refractivity contribution is -0.160. The van der Waals surface area contributed by atoms with Crippen LogP contribution in [0.3, 0.4) is 0 Å². The molecule has 0 aliphatic carbocycles. The molecule has 3 heterocycles. The molecule has 3 aromatic carbocycles. The molecule has 2 bridgehead atoms. The number of carbonyl (C=O) groups is 4. The molecule has 274 valence electrons. The summed E-state index contributed by atoms with van der Waals surface area (Å²) in [6, 6.07) is 21.8. The Morgan fingerprint density at radius 1 is 1.04 bits per heavy atom. The van der Waals surface area contributed by atoms with Crippen LogP contribution in [-0.4, -0.2) is 82.5 Å². The predicted octanol–water partition coefficient (Wildman–Crippen LogP) is 5.64. The van der Waals surface area contributed by atoms with Crippen molar-refractivity contribution in [2.75, 3.05) is 31.1 Å². The first-order valence-electron chi connectivity index (χ1n) is 18.0. The molecule has 1 spiro atoms. The van der Waals surface area contributed by atoms with Crippen molar-refractivity contribution in [2.24, 2.45) is 11.8 Å². The molecule has 52 heavy (non-hydrogen) atoms. The van der Waals surface area contributed by atoms with Gasteiger partial charge in [0, 0.05) is 36.6 Å². The van der Waals surface area contributed by atoms with E-state index in [0.717, 1.165) is 10.8 Å². The summed E-state index contributed by atoms with van der Waals surface area (Å²) < 4.78 is 12.9. The van der Waals surface area contributed by atoms with E-state index in [1.165, 1.54) is 0 Å². The van der Waals surface area contributed by atoms with E-state index in [-0.39, 0.29) is 55.2 Å². The first-order chi connectivity index (χ1) is 25.2. The van der Waals surface area contributed by atoms with Gasteiger partial charge in [0.15, 0.2) is 0 Å². The van der Waals surface area contributed by atoms with E-state index in [1.807, 2.05) is 72.8 Å². The molecule has 2 N–H and O–H groups in total. The van der Waals surface area contributed by atoms with Gasteiger partial charge >= 0.3 is 5.97 Å². The normalized spacial score (nSPS) is 25.1. The lowest BCUT2D eigenvalue weighted by Gasteiger charge is -2.37. The van der Waals surface area contributed by atoms with E-state index in [9.17, 15) is 24.3 Å². The minimum absolute atomic E-state index is 0.0270. The average molecular weight is 773 g/mol. The molecule has 0 radical (unpaired) electrons. The van der Waals surface area contributed by atoms with Gasteiger partial charge in [-0.3, -0.25) is 19.2 Å². The van der Waals surface area contributed by atoms with Crippen LogP contribution in [0.15, 0.2) is 98.1 Å². The molecule has 6 rings (SSSR count). The number of nitrogens with zero attached hydrogens (tertiary/aromatic N) is 2. The Morgan fingerprint density at radius 2 is 1.79 bits per heavy atom. The number of hydrogen-bond donors (Lipinski definition) is 2. The number of aliphatic hydroxyl groups is 1. The fourth-order valence-electron chi connectivity index (χ4n) is 8.08. The second-order valence-electron chi connectivity index (χ2n) is 13.7. The second-order valence-corrected chi connectivity index (χ2v) is 14.9. The number of aliphatic hydroxyl groups excluding tert-OH is 1. The number of carbonyl (C=O) groups excluding carboxylic acids is 4. The van der Waals surface area contributed by atoms with Crippen LogP contribution in [-0.2, 0) is 28.7 Å². The molecular weight excluding hydrogens is 726 g/mol. The van der Waals surface area contributed by atoms with E-state index in [0.29, 0.717) is 43.4 Å². The van der Waals surface area contributed by atoms with Gasteiger partial charge in [-0.15, -0.1) is 13.2 Å². The molecule has 3 fully saturated rings. The number of amides is 3. The molecule has 11 heteroatoms. The molecule has 0 saturated carbocycles. The Morgan fingerprint density at radius 3 is 2.52 bits per heavy atom. The summed E-state index contributed by atoms with van der Waals surface area (Å²) in [6.07, 6.45) is 4.72. The van der Waals surface area contributed by atoms with Gasteiger partial charge in [-0.05, 0) is 60.6 Å². The van der Waals surface area contributed by atoms with Crippen LogP contribution >= 0.6 is 15.9 Å². The van der Waals surface area contributed by atoms with Gasteiger partial charge in [0.05, 0.1) is 24.5 Å². The Bertz CT molecular complexity index is 1800. The minimum Gasteiger partial charge on any atom is -0.455 e. The van der Waals surface area contributed by atoms with Crippen LogP contribution in [0, 0.1) is 11.8 Å². The molecule has 3 aliphatic rings. The van der Waals surface area contributed by atoms with Crippen LogP contribution in [0.2, 0.25) is 0 Å². The number of hydrogen-bond acceptors (Lipinski definition) is 7. The summed E-state index contributed by atoms with van der Waals surface area (Å²) in [7, 11) is 0. The quantitative estimate of drug-likeness (QED) is 0.0789. The first-order valence-corrected chi connectivity index (χ1v) is 18.9. The summed E-state index contributed by atoms with van der Waals surface area (Å²) in [5.41, 5.74) is 0.0714. The van der Waals surface area contributed by atoms with Crippen molar-refractivity contribution < 1.29 is 33.8 Å². The molecule has 3 saturated heterocycles. The predicted molar refractivity (Wildman–Crippen MR) is 203 cm³/mol. The summed E-state index contributed by atoms with van der Waals surface area (Å²) in [5, 5.41) is 14.3. The zero-order valence-corrected chi connectivity index (χ0v) is 30.8. The van der Waals surface area contributed by atoms with Gasteiger partial charge in [0.2, 0.25) is 11.8 Å². The zero-order valence-electron chi connectivity index (χ0n) is 29.2. The summed E-state index contributed by atoms with van der Waals surface area (Å²) in [6.45, 7) is 8.13. The SMILES string of the molecule is C=CCCC(=O)NC[C@@H](OC(=O)[C@@H]1[C@H]2O[C@@]3(CC2Br)[C@H](C(=O)N(CC=C)c2ccc4ccccc4c2)N(CCCCCO)C(=O)[C@@H]13)c1ccccc1. The Kier molecular flexibility index (Phi) is 11.9. The molecule has 0 aromatic heterocycles. The lowest BCUT2D eigenvalue weighted by atomic mass is 9.70. The fourth-order valence-corrected chi connectivity index (χ4v) is 9.02. The molecular formula is C41H46BrN3O7. The third-order valence-corrected chi connectivity index (χ3v) is 11.3. The lowest BCUT2D eigenvalue weighted by Crippen LogP contribution is -2.57. The Hall–Kier alpha value is -4.32. The summed E-state index contributed by atoms with van der Waals surface area (Å²) in [4.78, 5) is 59.5. The van der Waals surface area contributed by atoms with E-state index in [2.05, 4.69) is 34.4 Å². The highest BCUT2D eigenvalue weighted by atomic mass is 79.9.